The van der Waals surface area contributed by atoms with E-state index in [9.17, 15) is 18.3 Å². The van der Waals surface area contributed by atoms with E-state index < -0.39 is 9.84 Å². The molecule has 0 radical (unpaired) electrons. The molecule has 8 heteroatoms. The third-order valence-corrected chi connectivity index (χ3v) is 7.71. The number of benzene rings is 3. The van der Waals surface area contributed by atoms with Crippen molar-refractivity contribution in [1.82, 2.24) is 14.9 Å². The second-order valence-corrected chi connectivity index (χ2v) is 11.0. The molecule has 0 fully saturated rings. The van der Waals surface area contributed by atoms with Gasteiger partial charge in [-0.1, -0.05) is 31.2 Å². The number of nitrogens with one attached hydrogen (secondary N) is 1. The van der Waals surface area contributed by atoms with Crippen LogP contribution >= 0.6 is 0 Å². The summed E-state index contributed by atoms with van der Waals surface area (Å²) in [6.07, 6.45) is 0.610. The summed E-state index contributed by atoms with van der Waals surface area (Å²) in [5.41, 5.74) is 4.06. The Balaban J connectivity index is 1.52. The number of carbonyl (C=O) groups is 1. The first-order valence-corrected chi connectivity index (χ1v) is 13.2. The number of sulfone groups is 1. The number of hydrogen-bond donors (Lipinski definition) is 2. The van der Waals surface area contributed by atoms with Crippen LogP contribution in [0.1, 0.15) is 54.1 Å². The maximum atomic E-state index is 12.8. The third kappa shape index (κ3) is 5.38. The van der Waals surface area contributed by atoms with E-state index in [-0.39, 0.29) is 34.9 Å². The Hall–Kier alpha value is -3.65. The number of rotatable bonds is 8. The Morgan fingerprint density at radius 2 is 1.66 bits per heavy atom. The van der Waals surface area contributed by atoms with Crippen LogP contribution in [0.2, 0.25) is 0 Å². The number of fused-ring (bicyclic) bond motifs is 1. The molecule has 0 bridgehead atoms. The highest BCUT2D eigenvalue weighted by atomic mass is 32.2. The highest BCUT2D eigenvalue weighted by Gasteiger charge is 2.16. The SMILES string of the molecule is CCS(=O)(=O)c1ccc(CNC(=O)c2ccc3c(c2)nc(Cc2ccc(O)cc2)n3C(C)C)cc1. The van der Waals surface area contributed by atoms with Crippen molar-refractivity contribution in [3.63, 3.8) is 0 Å². The van der Waals surface area contributed by atoms with Gasteiger partial charge in [0.2, 0.25) is 0 Å². The maximum Gasteiger partial charge on any atom is 0.251 e. The zero-order chi connectivity index (χ0) is 25.2. The molecule has 1 aromatic heterocycles. The minimum Gasteiger partial charge on any atom is -0.508 e. The van der Waals surface area contributed by atoms with Gasteiger partial charge in [0.15, 0.2) is 9.84 Å². The molecule has 0 aliphatic rings. The molecule has 3 aromatic carbocycles. The summed E-state index contributed by atoms with van der Waals surface area (Å²) in [7, 11) is -3.25. The maximum absolute atomic E-state index is 12.8. The molecule has 1 amide bonds. The lowest BCUT2D eigenvalue weighted by atomic mass is 10.1. The molecule has 2 N–H and O–H groups in total. The van der Waals surface area contributed by atoms with Gasteiger partial charge in [-0.3, -0.25) is 4.79 Å². The zero-order valence-corrected chi connectivity index (χ0v) is 20.8. The van der Waals surface area contributed by atoms with Crippen LogP contribution in [0.4, 0.5) is 0 Å². The number of imidazole rings is 1. The van der Waals surface area contributed by atoms with E-state index >= 15 is 0 Å². The molecule has 35 heavy (non-hydrogen) atoms. The van der Waals surface area contributed by atoms with Crippen LogP contribution in [0.25, 0.3) is 11.0 Å². The number of hydrogen-bond acceptors (Lipinski definition) is 5. The second-order valence-electron chi connectivity index (χ2n) is 8.77. The Morgan fingerprint density at radius 1 is 1.00 bits per heavy atom. The quantitative estimate of drug-likeness (QED) is 0.374. The minimum absolute atomic E-state index is 0.0504. The highest BCUT2D eigenvalue weighted by Crippen LogP contribution is 2.25. The zero-order valence-electron chi connectivity index (χ0n) is 20.0. The number of aromatic nitrogens is 2. The largest absolute Gasteiger partial charge is 0.508 e. The van der Waals surface area contributed by atoms with Crippen molar-refractivity contribution in [2.24, 2.45) is 0 Å². The average Bonchev–Trinajstić information content (AvgIpc) is 3.21. The van der Waals surface area contributed by atoms with Gasteiger partial charge in [0, 0.05) is 24.6 Å². The number of aromatic hydroxyl groups is 1. The van der Waals surface area contributed by atoms with Gasteiger partial charge in [-0.05, 0) is 67.4 Å². The van der Waals surface area contributed by atoms with Crippen molar-refractivity contribution in [3.05, 3.63) is 89.2 Å². The first-order valence-electron chi connectivity index (χ1n) is 11.6. The van der Waals surface area contributed by atoms with E-state index in [4.69, 9.17) is 4.98 Å². The Labute approximate surface area is 205 Å². The molecule has 1 heterocycles. The molecular weight excluding hydrogens is 462 g/mol. The highest BCUT2D eigenvalue weighted by molar-refractivity contribution is 7.91. The minimum atomic E-state index is -3.25. The van der Waals surface area contributed by atoms with Crippen molar-refractivity contribution in [3.8, 4) is 5.75 Å². The second kappa shape index (κ2) is 9.92. The van der Waals surface area contributed by atoms with Crippen LogP contribution in [-0.4, -0.2) is 34.7 Å². The average molecular weight is 492 g/mol. The van der Waals surface area contributed by atoms with Gasteiger partial charge in [0.25, 0.3) is 5.91 Å². The van der Waals surface area contributed by atoms with E-state index in [1.165, 1.54) is 0 Å². The molecule has 7 nitrogen and oxygen atoms in total. The fraction of sp³-hybridized carbons (Fsp3) is 0.259. The Kier molecular flexibility index (Phi) is 6.93. The summed E-state index contributed by atoms with van der Waals surface area (Å²) >= 11 is 0. The molecular formula is C27H29N3O4S. The van der Waals surface area contributed by atoms with Gasteiger partial charge in [0.1, 0.15) is 11.6 Å². The van der Waals surface area contributed by atoms with Crippen molar-refractivity contribution in [2.75, 3.05) is 5.75 Å². The fourth-order valence-electron chi connectivity index (χ4n) is 4.05. The van der Waals surface area contributed by atoms with Crippen molar-refractivity contribution < 1.29 is 18.3 Å². The Bertz CT molecular complexity index is 1460. The molecule has 0 saturated carbocycles. The van der Waals surface area contributed by atoms with E-state index in [1.54, 1.807) is 55.5 Å². The lowest BCUT2D eigenvalue weighted by molar-refractivity contribution is 0.0951. The van der Waals surface area contributed by atoms with E-state index in [2.05, 4.69) is 23.7 Å². The van der Waals surface area contributed by atoms with Crippen LogP contribution in [-0.2, 0) is 22.8 Å². The summed E-state index contributed by atoms with van der Waals surface area (Å²) in [5.74, 6) is 0.940. The van der Waals surface area contributed by atoms with E-state index in [0.29, 0.717) is 12.0 Å². The monoisotopic (exact) mass is 491 g/mol. The number of phenols is 1. The molecule has 182 valence electrons. The van der Waals surface area contributed by atoms with Gasteiger partial charge in [-0.2, -0.15) is 0 Å². The lowest BCUT2D eigenvalue weighted by Crippen LogP contribution is -2.22. The van der Waals surface area contributed by atoms with Crippen LogP contribution in [0.3, 0.4) is 0 Å². The summed E-state index contributed by atoms with van der Waals surface area (Å²) in [5, 5.41) is 12.4. The van der Waals surface area contributed by atoms with E-state index in [0.717, 1.165) is 28.0 Å². The van der Waals surface area contributed by atoms with Gasteiger partial charge in [0.05, 0.1) is 21.7 Å². The molecule has 4 rings (SSSR count). The smallest absolute Gasteiger partial charge is 0.251 e. The standard InChI is InChI=1S/C27H29N3O4S/c1-4-35(33,34)23-12-7-20(8-13-23)17-28-27(32)21-9-14-25-24(16-21)29-26(30(25)18(2)3)15-19-5-10-22(31)11-6-19/h5-14,16,18,31H,4,15,17H2,1-3H3,(H,28,32). The first kappa shape index (κ1) is 24.5. The molecule has 0 unspecified atom stereocenters. The number of carbonyl (C=O) groups excluding carboxylic acids is 1. The summed E-state index contributed by atoms with van der Waals surface area (Å²) in [6.45, 7) is 6.09. The lowest BCUT2D eigenvalue weighted by Gasteiger charge is -2.13. The van der Waals surface area contributed by atoms with Gasteiger partial charge < -0.3 is 15.0 Å². The predicted octanol–water partition coefficient (Wildman–Crippen LogP) is 4.64. The van der Waals surface area contributed by atoms with Crippen molar-refractivity contribution in [1.29, 1.82) is 0 Å². The summed E-state index contributed by atoms with van der Waals surface area (Å²) in [6, 6.07) is 19.3. The van der Waals surface area contributed by atoms with Gasteiger partial charge in [-0.15, -0.1) is 0 Å². The van der Waals surface area contributed by atoms with Gasteiger partial charge >= 0.3 is 0 Å². The van der Waals surface area contributed by atoms with Crippen LogP contribution < -0.4 is 5.32 Å². The van der Waals surface area contributed by atoms with E-state index in [1.807, 2.05) is 18.2 Å². The summed E-state index contributed by atoms with van der Waals surface area (Å²) in [4.78, 5) is 17.9. The molecule has 0 spiro atoms. The molecule has 4 aromatic rings. The van der Waals surface area contributed by atoms with Crippen LogP contribution in [0.15, 0.2) is 71.6 Å². The molecule has 0 aliphatic carbocycles. The predicted molar refractivity (Wildman–Crippen MR) is 136 cm³/mol. The Morgan fingerprint density at radius 3 is 2.29 bits per heavy atom. The number of amides is 1. The van der Waals surface area contributed by atoms with Crippen molar-refractivity contribution in [2.45, 2.75) is 44.7 Å². The number of nitrogens with zero attached hydrogens (tertiary/aromatic N) is 2. The fourth-order valence-corrected chi connectivity index (χ4v) is 4.94. The summed E-state index contributed by atoms with van der Waals surface area (Å²) < 4.78 is 26.1. The normalized spacial score (nSPS) is 11.8. The molecule has 0 atom stereocenters. The number of phenolic OH excluding ortho intramolecular Hbond substituents is 1. The third-order valence-electron chi connectivity index (χ3n) is 5.96. The molecule has 0 aliphatic heterocycles. The van der Waals surface area contributed by atoms with Crippen LogP contribution in [0.5, 0.6) is 5.75 Å². The molecule has 0 saturated heterocycles. The van der Waals surface area contributed by atoms with Crippen LogP contribution in [0, 0.1) is 0 Å². The first-order chi connectivity index (χ1) is 16.7. The topological polar surface area (TPSA) is 101 Å². The van der Waals surface area contributed by atoms with Crippen molar-refractivity contribution >= 4 is 26.8 Å². The van der Waals surface area contributed by atoms with Gasteiger partial charge in [-0.25, -0.2) is 13.4 Å².